The smallest absolute Gasteiger partial charge is 0.107 e. The van der Waals surface area contributed by atoms with E-state index in [1.54, 1.807) is 6.21 Å². The lowest BCUT2D eigenvalue weighted by Crippen LogP contribution is -2.06. The fourth-order valence-electron chi connectivity index (χ4n) is 0.330. The van der Waals surface area contributed by atoms with Crippen molar-refractivity contribution in [1.29, 1.82) is 0 Å². The zero-order chi connectivity index (χ0) is 4.24. The van der Waals surface area contributed by atoms with Crippen molar-refractivity contribution in [3.8, 4) is 0 Å². The molecule has 1 heterocycles. The van der Waals surface area contributed by atoms with E-state index in [1.165, 1.54) is 0 Å². The van der Waals surface area contributed by atoms with E-state index >= 15 is 0 Å². The second-order valence-electron chi connectivity index (χ2n) is 1.05. The molecule has 0 atom stereocenters. The van der Waals surface area contributed by atoms with Crippen molar-refractivity contribution in [3.05, 3.63) is 12.3 Å². The van der Waals surface area contributed by atoms with Crippen molar-refractivity contribution in [2.45, 2.75) is 0 Å². The first-order chi connectivity index (χ1) is 3.00. The molecule has 3 heteroatoms. The third kappa shape index (κ3) is 1.94. The van der Waals surface area contributed by atoms with Crippen LogP contribution in [0.3, 0.4) is 0 Å². The molecule has 0 unspecified atom stereocenters. The summed E-state index contributed by atoms with van der Waals surface area (Å²) in [6.07, 6.45) is 5.51. The topological polar surface area (TPSA) is 55.9 Å². The maximum atomic E-state index is 3.85. The Morgan fingerprint density at radius 3 is 2.57 bits per heavy atom. The van der Waals surface area contributed by atoms with Crippen molar-refractivity contribution in [3.63, 3.8) is 0 Å². The molecule has 0 radical (unpaired) electrons. The zero-order valence-electron chi connectivity index (χ0n) is 3.89. The highest BCUT2D eigenvalue weighted by Gasteiger charge is 1.73. The van der Waals surface area contributed by atoms with E-state index in [9.17, 15) is 0 Å². The quantitative estimate of drug-likeness (QED) is 0.430. The molecule has 0 aliphatic carbocycles. The molecule has 1 aliphatic heterocycles. The SMILES string of the molecule is C1=CNCN=C1.O. The van der Waals surface area contributed by atoms with Crippen LogP contribution in [0, 0.1) is 0 Å². The Balaban J connectivity index is 0.000000360. The number of nitrogens with zero attached hydrogens (tertiary/aromatic N) is 1. The summed E-state index contributed by atoms with van der Waals surface area (Å²) in [6.45, 7) is 0.733. The molecule has 0 aromatic rings. The van der Waals surface area contributed by atoms with Crippen molar-refractivity contribution >= 4 is 6.21 Å². The third-order valence-corrected chi connectivity index (χ3v) is 0.588. The van der Waals surface area contributed by atoms with Gasteiger partial charge < -0.3 is 10.8 Å². The van der Waals surface area contributed by atoms with Crippen LogP contribution in [0.15, 0.2) is 17.3 Å². The molecule has 7 heavy (non-hydrogen) atoms. The molecule has 0 aromatic heterocycles. The molecule has 0 saturated heterocycles. The van der Waals surface area contributed by atoms with E-state index in [4.69, 9.17) is 0 Å². The van der Waals surface area contributed by atoms with Gasteiger partial charge in [-0.3, -0.25) is 4.99 Å². The molecule has 0 aromatic carbocycles. The highest BCUT2D eigenvalue weighted by atomic mass is 16.0. The first-order valence-corrected chi connectivity index (χ1v) is 1.88. The zero-order valence-corrected chi connectivity index (χ0v) is 3.89. The number of allylic oxidation sites excluding steroid dienone is 1. The van der Waals surface area contributed by atoms with Gasteiger partial charge in [0.25, 0.3) is 0 Å². The average molecular weight is 100 g/mol. The number of hydrogen-bond donors (Lipinski definition) is 1. The van der Waals surface area contributed by atoms with Gasteiger partial charge in [-0.15, -0.1) is 0 Å². The van der Waals surface area contributed by atoms with Crippen LogP contribution in [0.25, 0.3) is 0 Å². The molecule has 3 nitrogen and oxygen atoms in total. The van der Waals surface area contributed by atoms with E-state index in [2.05, 4.69) is 10.3 Å². The van der Waals surface area contributed by atoms with Gasteiger partial charge in [0.2, 0.25) is 0 Å². The minimum absolute atomic E-state index is 0. The lowest BCUT2D eigenvalue weighted by atomic mass is 10.6. The van der Waals surface area contributed by atoms with Gasteiger partial charge in [-0.05, 0) is 12.3 Å². The Morgan fingerprint density at radius 2 is 2.43 bits per heavy atom. The number of rotatable bonds is 0. The maximum absolute atomic E-state index is 3.85. The van der Waals surface area contributed by atoms with Crippen molar-refractivity contribution in [2.75, 3.05) is 6.67 Å². The van der Waals surface area contributed by atoms with Crippen molar-refractivity contribution in [1.82, 2.24) is 5.32 Å². The molecule has 0 saturated carbocycles. The molecular weight excluding hydrogens is 92.1 g/mol. The summed E-state index contributed by atoms with van der Waals surface area (Å²) in [5.41, 5.74) is 0. The maximum Gasteiger partial charge on any atom is 0.107 e. The molecule has 3 N–H and O–H groups in total. The van der Waals surface area contributed by atoms with Gasteiger partial charge >= 0.3 is 0 Å². The number of nitrogens with one attached hydrogen (secondary N) is 1. The van der Waals surface area contributed by atoms with Gasteiger partial charge in [-0.1, -0.05) is 0 Å². The van der Waals surface area contributed by atoms with Crippen LogP contribution in [0.4, 0.5) is 0 Å². The van der Waals surface area contributed by atoms with Crippen LogP contribution in [0.1, 0.15) is 0 Å². The van der Waals surface area contributed by atoms with Gasteiger partial charge in [0.1, 0.15) is 6.67 Å². The van der Waals surface area contributed by atoms with Gasteiger partial charge in [-0.25, -0.2) is 0 Å². The highest BCUT2D eigenvalue weighted by Crippen LogP contribution is 1.71. The number of aliphatic imine (C=N–C) groups is 1. The summed E-state index contributed by atoms with van der Waals surface area (Å²) >= 11 is 0. The monoisotopic (exact) mass is 100 g/mol. The van der Waals surface area contributed by atoms with Crippen molar-refractivity contribution < 1.29 is 5.48 Å². The third-order valence-electron chi connectivity index (χ3n) is 0.588. The van der Waals surface area contributed by atoms with Gasteiger partial charge in [-0.2, -0.15) is 0 Å². The second kappa shape index (κ2) is 3.36. The minimum Gasteiger partial charge on any atom is -0.412 e. The largest absolute Gasteiger partial charge is 0.412 e. The fraction of sp³-hybridized carbons (Fsp3) is 0.250. The van der Waals surface area contributed by atoms with E-state index in [0.717, 1.165) is 6.67 Å². The molecule has 1 rings (SSSR count). The predicted molar refractivity (Wildman–Crippen MR) is 29.2 cm³/mol. The summed E-state index contributed by atoms with van der Waals surface area (Å²) in [4.78, 5) is 3.85. The van der Waals surface area contributed by atoms with Crippen LogP contribution in [0.2, 0.25) is 0 Å². The number of hydrogen-bond acceptors (Lipinski definition) is 2. The Kier molecular flexibility index (Phi) is 2.96. The molecule has 40 valence electrons. The van der Waals surface area contributed by atoms with E-state index in [-0.39, 0.29) is 5.48 Å². The molecule has 0 amide bonds. The highest BCUT2D eigenvalue weighted by molar-refractivity contribution is 5.71. The molecule has 0 bridgehead atoms. The van der Waals surface area contributed by atoms with E-state index < -0.39 is 0 Å². The summed E-state index contributed by atoms with van der Waals surface area (Å²) < 4.78 is 0. The van der Waals surface area contributed by atoms with Gasteiger partial charge in [0.15, 0.2) is 0 Å². The minimum atomic E-state index is 0. The fourth-order valence-corrected chi connectivity index (χ4v) is 0.330. The molecule has 0 fully saturated rings. The van der Waals surface area contributed by atoms with Crippen LogP contribution in [-0.4, -0.2) is 18.4 Å². The summed E-state index contributed by atoms with van der Waals surface area (Å²) in [5, 5.41) is 2.91. The normalized spacial score (nSPS) is 14.9. The summed E-state index contributed by atoms with van der Waals surface area (Å²) in [5.74, 6) is 0. The molecular formula is C4H8N2O. The second-order valence-corrected chi connectivity index (χ2v) is 1.05. The summed E-state index contributed by atoms with van der Waals surface area (Å²) in [6, 6.07) is 0. The van der Waals surface area contributed by atoms with E-state index in [1.807, 2.05) is 12.3 Å². The van der Waals surface area contributed by atoms with Crippen molar-refractivity contribution in [2.24, 2.45) is 4.99 Å². The predicted octanol–water partition coefficient (Wildman–Crippen LogP) is -0.693. The van der Waals surface area contributed by atoms with Crippen LogP contribution in [-0.2, 0) is 0 Å². The Hall–Kier alpha value is -0.830. The molecule has 0 spiro atoms. The standard InChI is InChI=1S/C4H6N2.H2O/c1-2-5-4-6-3-1;/h1-3,5H,4H2;1H2. The summed E-state index contributed by atoms with van der Waals surface area (Å²) in [7, 11) is 0. The van der Waals surface area contributed by atoms with Crippen LogP contribution < -0.4 is 5.32 Å². The molecule has 1 aliphatic rings. The Morgan fingerprint density at radius 1 is 1.57 bits per heavy atom. The first-order valence-electron chi connectivity index (χ1n) is 1.88. The lowest BCUT2D eigenvalue weighted by Gasteiger charge is -1.94. The Labute approximate surface area is 42.1 Å². The first kappa shape index (κ1) is 6.17. The Bertz CT molecular complexity index is 75.7. The van der Waals surface area contributed by atoms with Crippen LogP contribution >= 0.6 is 0 Å². The lowest BCUT2D eigenvalue weighted by molar-refractivity contribution is 0.824. The van der Waals surface area contributed by atoms with Gasteiger partial charge in [0.05, 0.1) is 0 Å². The average Bonchev–Trinajstić information content (AvgIpc) is 1.72. The van der Waals surface area contributed by atoms with Gasteiger partial charge in [0, 0.05) is 6.21 Å². The van der Waals surface area contributed by atoms with Crippen LogP contribution in [0.5, 0.6) is 0 Å². The van der Waals surface area contributed by atoms with E-state index in [0.29, 0.717) is 0 Å².